The van der Waals surface area contributed by atoms with E-state index in [2.05, 4.69) is 59.3 Å². The number of para-hydroxylation sites is 1. The summed E-state index contributed by atoms with van der Waals surface area (Å²) in [5, 5.41) is 10.9. The largest absolute Gasteiger partial charge is 0.340 e. The van der Waals surface area contributed by atoms with Gasteiger partial charge in [0.25, 0.3) is 5.69 Å². The minimum Gasteiger partial charge on any atom is -0.340 e. The van der Waals surface area contributed by atoms with E-state index in [0.29, 0.717) is 0 Å². The number of hydrogen-bond acceptors (Lipinski definition) is 5. The van der Waals surface area contributed by atoms with Gasteiger partial charge in [-0.1, -0.05) is 56.1 Å². The average molecular weight is 406 g/mol. The van der Waals surface area contributed by atoms with Crippen LogP contribution >= 0.6 is 11.8 Å². The zero-order valence-electron chi connectivity index (χ0n) is 16.4. The number of anilines is 2. The minimum absolute atomic E-state index is 0.00765. The van der Waals surface area contributed by atoms with Crippen LogP contribution in [-0.2, 0) is 0 Å². The molecule has 0 N–H and O–H groups in total. The first-order valence-electron chi connectivity index (χ1n) is 9.96. The van der Waals surface area contributed by atoms with Crippen LogP contribution in [0.3, 0.4) is 0 Å². The molecule has 3 aromatic rings. The number of aromatic nitrogens is 1. The van der Waals surface area contributed by atoms with Gasteiger partial charge in [-0.3, -0.25) is 10.1 Å². The molecule has 148 valence electrons. The lowest BCUT2D eigenvalue weighted by Gasteiger charge is -2.33. The lowest BCUT2D eigenvalue weighted by molar-refractivity contribution is -0.385. The fraction of sp³-hybridized carbons (Fsp3) is 0.261. The summed E-state index contributed by atoms with van der Waals surface area (Å²) in [5.74, 6) is 0. The van der Waals surface area contributed by atoms with Crippen LogP contribution in [0.5, 0.6) is 0 Å². The van der Waals surface area contributed by atoms with Crippen molar-refractivity contribution >= 4 is 28.8 Å². The second kappa shape index (κ2) is 8.66. The van der Waals surface area contributed by atoms with Crippen molar-refractivity contribution in [2.24, 2.45) is 0 Å². The highest BCUT2D eigenvalue weighted by atomic mass is 32.2. The second-order valence-electron chi connectivity index (χ2n) is 7.12. The van der Waals surface area contributed by atoms with Gasteiger partial charge in [-0.15, -0.1) is 0 Å². The van der Waals surface area contributed by atoms with Crippen LogP contribution < -0.4 is 4.90 Å². The monoisotopic (exact) mass is 405 g/mol. The van der Waals surface area contributed by atoms with Gasteiger partial charge in [-0.05, 0) is 36.8 Å². The van der Waals surface area contributed by atoms with Gasteiger partial charge in [0.05, 0.1) is 22.0 Å². The Morgan fingerprint density at radius 3 is 2.59 bits per heavy atom. The topological polar surface area (TPSA) is 59.3 Å². The van der Waals surface area contributed by atoms with Gasteiger partial charge >= 0.3 is 0 Å². The molecule has 0 unspecified atom stereocenters. The van der Waals surface area contributed by atoms with Crippen molar-refractivity contribution < 1.29 is 4.92 Å². The van der Waals surface area contributed by atoms with Crippen molar-refractivity contribution in [2.45, 2.75) is 42.4 Å². The first-order chi connectivity index (χ1) is 14.2. The molecule has 4 rings (SSSR count). The van der Waals surface area contributed by atoms with E-state index in [0.717, 1.165) is 24.2 Å². The predicted octanol–water partition coefficient (Wildman–Crippen LogP) is 6.84. The van der Waals surface area contributed by atoms with E-state index in [4.69, 9.17) is 0 Å². The molecule has 0 saturated heterocycles. The maximum Gasteiger partial charge on any atom is 0.287 e. The Balaban J connectivity index is 1.65. The van der Waals surface area contributed by atoms with Crippen LogP contribution in [0.2, 0.25) is 0 Å². The van der Waals surface area contributed by atoms with E-state index < -0.39 is 4.92 Å². The van der Waals surface area contributed by atoms with Crippen LogP contribution in [0.15, 0.2) is 70.6 Å². The third-order valence-electron chi connectivity index (χ3n) is 5.12. The third kappa shape index (κ3) is 4.12. The molecule has 0 atom stereocenters. The molecular weight excluding hydrogens is 382 g/mol. The van der Waals surface area contributed by atoms with Gasteiger partial charge in [-0.25, -0.2) is 4.98 Å². The molecule has 1 aliphatic heterocycles. The first kappa shape index (κ1) is 19.5. The molecule has 1 aliphatic rings. The van der Waals surface area contributed by atoms with E-state index in [9.17, 15) is 10.1 Å². The number of benzene rings is 2. The molecule has 0 saturated carbocycles. The van der Waals surface area contributed by atoms with Gasteiger partial charge < -0.3 is 4.90 Å². The lowest BCUT2D eigenvalue weighted by atomic mass is 10.1. The van der Waals surface area contributed by atoms with Gasteiger partial charge in [0.2, 0.25) is 0 Å². The zero-order valence-corrected chi connectivity index (χ0v) is 17.2. The summed E-state index contributed by atoms with van der Waals surface area (Å²) in [6, 6.07) is 18.1. The van der Waals surface area contributed by atoms with Crippen LogP contribution in [-0.4, -0.2) is 16.5 Å². The summed E-state index contributed by atoms with van der Waals surface area (Å²) in [4.78, 5) is 19.6. The quantitative estimate of drug-likeness (QED) is 0.245. The summed E-state index contributed by atoms with van der Waals surface area (Å²) in [7, 11) is 0. The first-order valence-corrected chi connectivity index (χ1v) is 10.8. The Bertz CT molecular complexity index is 1020. The third-order valence-corrected chi connectivity index (χ3v) is 6.23. The van der Waals surface area contributed by atoms with Crippen molar-refractivity contribution in [2.75, 3.05) is 11.4 Å². The molecule has 0 aliphatic carbocycles. The Hall–Kier alpha value is -2.86. The van der Waals surface area contributed by atoms with Crippen LogP contribution in [0.1, 0.15) is 32.6 Å². The van der Waals surface area contributed by atoms with Gasteiger partial charge in [-0.2, -0.15) is 0 Å². The summed E-state index contributed by atoms with van der Waals surface area (Å²) < 4.78 is 0. The summed E-state index contributed by atoms with van der Waals surface area (Å²) in [5.41, 5.74) is 4.20. The van der Waals surface area contributed by atoms with Crippen LogP contribution in [0.25, 0.3) is 11.3 Å². The summed E-state index contributed by atoms with van der Waals surface area (Å²) >= 11 is 1.77. The fourth-order valence-corrected chi connectivity index (χ4v) is 4.73. The minimum atomic E-state index is -0.424. The number of nitrogens with zero attached hydrogens (tertiary/aromatic N) is 3. The normalized spacial score (nSPS) is 12.4. The van der Waals surface area contributed by atoms with Crippen LogP contribution in [0, 0.1) is 10.1 Å². The van der Waals surface area contributed by atoms with Crippen molar-refractivity contribution in [3.8, 4) is 11.3 Å². The van der Waals surface area contributed by atoms with Crippen molar-refractivity contribution in [1.82, 2.24) is 4.98 Å². The lowest BCUT2D eigenvalue weighted by Crippen LogP contribution is -2.22. The second-order valence-corrected chi connectivity index (χ2v) is 8.21. The summed E-state index contributed by atoms with van der Waals surface area (Å²) in [6.45, 7) is 3.23. The molecule has 0 fully saturated rings. The number of unbranched alkanes of at least 4 members (excludes halogenated alkanes) is 3. The highest BCUT2D eigenvalue weighted by Crippen LogP contribution is 2.49. The molecule has 1 aromatic heterocycles. The molecular formula is C23H23N3O2S. The van der Waals surface area contributed by atoms with Crippen molar-refractivity contribution in [1.29, 1.82) is 0 Å². The standard InChI is InChI=1S/C23H23N3O2S/c1-2-3-4-7-14-25-20-8-5-6-9-22(20)29-23-15-17(10-13-21(23)25)19-12-11-18(16-24-19)26(27)28/h5-6,8-13,15-16H,2-4,7,14H2,1H3. The smallest absolute Gasteiger partial charge is 0.287 e. The van der Waals surface area contributed by atoms with E-state index >= 15 is 0 Å². The highest BCUT2D eigenvalue weighted by molar-refractivity contribution is 7.99. The molecule has 0 spiro atoms. The van der Waals surface area contributed by atoms with E-state index in [1.54, 1.807) is 17.8 Å². The Labute approximate surface area is 174 Å². The summed E-state index contributed by atoms with van der Waals surface area (Å²) in [6.07, 6.45) is 6.22. The number of pyridine rings is 1. The Morgan fingerprint density at radius 1 is 1.00 bits per heavy atom. The Morgan fingerprint density at radius 2 is 1.83 bits per heavy atom. The molecule has 0 bridgehead atoms. The molecule has 0 radical (unpaired) electrons. The van der Waals surface area contributed by atoms with E-state index in [1.807, 2.05) is 0 Å². The molecule has 0 amide bonds. The van der Waals surface area contributed by atoms with E-state index in [1.165, 1.54) is 52.7 Å². The van der Waals surface area contributed by atoms with Gasteiger partial charge in [0, 0.05) is 28.0 Å². The SMILES string of the molecule is CCCCCCN1c2ccccc2Sc2cc(-c3ccc([N+](=O)[O-])cn3)ccc21. The Kier molecular flexibility index (Phi) is 5.81. The van der Waals surface area contributed by atoms with E-state index in [-0.39, 0.29) is 5.69 Å². The molecule has 2 aromatic carbocycles. The number of rotatable bonds is 7. The zero-order chi connectivity index (χ0) is 20.2. The predicted molar refractivity (Wildman–Crippen MR) is 118 cm³/mol. The number of hydrogen-bond donors (Lipinski definition) is 0. The van der Waals surface area contributed by atoms with Gasteiger partial charge in [0.15, 0.2) is 0 Å². The fourth-order valence-electron chi connectivity index (χ4n) is 3.60. The number of fused-ring (bicyclic) bond motifs is 2. The average Bonchev–Trinajstić information content (AvgIpc) is 2.75. The molecule has 6 heteroatoms. The molecule has 2 heterocycles. The van der Waals surface area contributed by atoms with Crippen molar-refractivity contribution in [3.63, 3.8) is 0 Å². The highest BCUT2D eigenvalue weighted by Gasteiger charge is 2.23. The number of nitro groups is 1. The van der Waals surface area contributed by atoms with Gasteiger partial charge in [0.1, 0.15) is 6.20 Å². The van der Waals surface area contributed by atoms with Crippen molar-refractivity contribution in [3.05, 3.63) is 70.9 Å². The molecule has 5 nitrogen and oxygen atoms in total. The molecule has 29 heavy (non-hydrogen) atoms. The maximum atomic E-state index is 10.9. The maximum absolute atomic E-state index is 10.9. The van der Waals surface area contributed by atoms with Crippen LogP contribution in [0.4, 0.5) is 17.1 Å².